The number of benzene rings is 1. The van der Waals surface area contributed by atoms with Crippen LogP contribution in [0.25, 0.3) is 0 Å². The van der Waals surface area contributed by atoms with Gasteiger partial charge in [-0.3, -0.25) is 0 Å². The maximum absolute atomic E-state index is 5.93. The molecule has 2 rings (SSSR count). The molecule has 15 heavy (non-hydrogen) atoms. The number of rotatable bonds is 4. The standard InChI is InChI=1S/C13H19NO/c1-10(14)9-11-5-2-3-8-13(11)15-12-6-4-7-12/h2-3,5,8,10,12H,4,6-7,9,14H2,1H3. The highest BCUT2D eigenvalue weighted by Crippen LogP contribution is 2.27. The van der Waals surface area contributed by atoms with E-state index in [-0.39, 0.29) is 6.04 Å². The van der Waals surface area contributed by atoms with E-state index in [1.165, 1.54) is 24.8 Å². The van der Waals surface area contributed by atoms with E-state index in [1.807, 2.05) is 19.1 Å². The Bertz CT molecular complexity index is 318. The molecule has 0 saturated heterocycles. The quantitative estimate of drug-likeness (QED) is 0.819. The minimum atomic E-state index is 0.191. The zero-order valence-corrected chi connectivity index (χ0v) is 9.28. The molecule has 1 aromatic carbocycles. The van der Waals surface area contributed by atoms with Crippen molar-refractivity contribution in [3.05, 3.63) is 29.8 Å². The monoisotopic (exact) mass is 205 g/mol. The van der Waals surface area contributed by atoms with Gasteiger partial charge in [-0.1, -0.05) is 18.2 Å². The molecule has 1 fully saturated rings. The molecule has 1 unspecified atom stereocenters. The lowest BCUT2D eigenvalue weighted by atomic mass is 9.96. The first-order valence-corrected chi connectivity index (χ1v) is 5.76. The summed E-state index contributed by atoms with van der Waals surface area (Å²) < 4.78 is 5.93. The molecule has 2 heteroatoms. The summed E-state index contributed by atoms with van der Waals surface area (Å²) in [4.78, 5) is 0. The molecular formula is C13H19NO. The van der Waals surface area contributed by atoms with E-state index in [4.69, 9.17) is 10.5 Å². The third-order valence-electron chi connectivity index (χ3n) is 2.86. The van der Waals surface area contributed by atoms with Gasteiger partial charge >= 0.3 is 0 Å². The van der Waals surface area contributed by atoms with Crippen molar-refractivity contribution in [3.63, 3.8) is 0 Å². The van der Waals surface area contributed by atoms with Crippen LogP contribution in [0.2, 0.25) is 0 Å². The number of ether oxygens (including phenoxy) is 1. The van der Waals surface area contributed by atoms with E-state index < -0.39 is 0 Å². The summed E-state index contributed by atoms with van der Waals surface area (Å²) in [7, 11) is 0. The first kappa shape index (κ1) is 10.5. The van der Waals surface area contributed by atoms with Crippen molar-refractivity contribution < 1.29 is 4.74 Å². The second-order valence-corrected chi connectivity index (χ2v) is 4.46. The van der Waals surface area contributed by atoms with E-state index in [0.717, 1.165) is 12.2 Å². The van der Waals surface area contributed by atoms with Crippen molar-refractivity contribution in [2.75, 3.05) is 0 Å². The average molecular weight is 205 g/mol. The SMILES string of the molecule is CC(N)Cc1ccccc1OC1CCC1. The zero-order chi connectivity index (χ0) is 10.7. The molecule has 1 saturated carbocycles. The number of para-hydroxylation sites is 1. The summed E-state index contributed by atoms with van der Waals surface area (Å²) in [5.41, 5.74) is 7.05. The Balaban J connectivity index is 2.06. The molecule has 0 spiro atoms. The molecular weight excluding hydrogens is 186 g/mol. The van der Waals surface area contributed by atoms with Crippen molar-refractivity contribution >= 4 is 0 Å². The van der Waals surface area contributed by atoms with Crippen molar-refractivity contribution in [2.45, 2.75) is 44.8 Å². The highest BCUT2D eigenvalue weighted by Gasteiger charge is 2.20. The van der Waals surface area contributed by atoms with E-state index in [9.17, 15) is 0 Å². The number of nitrogens with two attached hydrogens (primary N) is 1. The van der Waals surface area contributed by atoms with E-state index in [0.29, 0.717) is 6.10 Å². The van der Waals surface area contributed by atoms with Gasteiger partial charge in [0.15, 0.2) is 0 Å². The van der Waals surface area contributed by atoms with Gasteiger partial charge in [0, 0.05) is 6.04 Å². The predicted molar refractivity (Wildman–Crippen MR) is 62.1 cm³/mol. The van der Waals surface area contributed by atoms with Gasteiger partial charge in [-0.15, -0.1) is 0 Å². The van der Waals surface area contributed by atoms with Crippen LogP contribution in [0.3, 0.4) is 0 Å². The summed E-state index contributed by atoms with van der Waals surface area (Å²) in [5.74, 6) is 1.03. The number of hydrogen-bond donors (Lipinski definition) is 1. The van der Waals surface area contributed by atoms with Crippen molar-refractivity contribution in [3.8, 4) is 5.75 Å². The summed E-state index contributed by atoms with van der Waals surface area (Å²) >= 11 is 0. The maximum atomic E-state index is 5.93. The van der Waals surface area contributed by atoms with Crippen LogP contribution in [0.1, 0.15) is 31.7 Å². The van der Waals surface area contributed by atoms with Gasteiger partial charge < -0.3 is 10.5 Å². The van der Waals surface area contributed by atoms with Crippen LogP contribution in [-0.2, 0) is 6.42 Å². The molecule has 0 radical (unpaired) electrons. The Morgan fingerprint density at radius 2 is 2.13 bits per heavy atom. The van der Waals surface area contributed by atoms with Gasteiger partial charge in [0.2, 0.25) is 0 Å². The normalized spacial score (nSPS) is 18.3. The van der Waals surface area contributed by atoms with Crippen LogP contribution in [0, 0.1) is 0 Å². The predicted octanol–water partition coefficient (Wildman–Crippen LogP) is 2.51. The van der Waals surface area contributed by atoms with Crippen molar-refractivity contribution in [1.29, 1.82) is 0 Å². The summed E-state index contributed by atoms with van der Waals surface area (Å²) in [6.45, 7) is 2.03. The second-order valence-electron chi connectivity index (χ2n) is 4.46. The second kappa shape index (κ2) is 4.67. The minimum Gasteiger partial charge on any atom is -0.490 e. The van der Waals surface area contributed by atoms with E-state index >= 15 is 0 Å². The zero-order valence-electron chi connectivity index (χ0n) is 9.28. The molecule has 1 aromatic rings. The molecule has 0 aliphatic heterocycles. The fourth-order valence-electron chi connectivity index (χ4n) is 1.80. The van der Waals surface area contributed by atoms with Gasteiger partial charge in [-0.2, -0.15) is 0 Å². The molecule has 0 heterocycles. The minimum absolute atomic E-state index is 0.191. The first-order chi connectivity index (χ1) is 7.25. The van der Waals surface area contributed by atoms with E-state index in [1.54, 1.807) is 0 Å². The van der Waals surface area contributed by atoms with E-state index in [2.05, 4.69) is 12.1 Å². The molecule has 0 amide bonds. The highest BCUT2D eigenvalue weighted by molar-refractivity contribution is 5.34. The molecule has 0 bridgehead atoms. The van der Waals surface area contributed by atoms with Crippen molar-refractivity contribution in [1.82, 2.24) is 0 Å². The lowest BCUT2D eigenvalue weighted by Gasteiger charge is -2.27. The van der Waals surface area contributed by atoms with Crippen molar-refractivity contribution in [2.24, 2.45) is 5.73 Å². The fraction of sp³-hybridized carbons (Fsp3) is 0.538. The Kier molecular flexibility index (Phi) is 3.27. The van der Waals surface area contributed by atoms with Crippen LogP contribution in [0.5, 0.6) is 5.75 Å². The first-order valence-electron chi connectivity index (χ1n) is 5.76. The molecule has 2 N–H and O–H groups in total. The van der Waals surface area contributed by atoms with Gasteiger partial charge in [0.1, 0.15) is 5.75 Å². The van der Waals surface area contributed by atoms with Crippen LogP contribution in [0.4, 0.5) is 0 Å². The fourth-order valence-corrected chi connectivity index (χ4v) is 1.80. The molecule has 1 atom stereocenters. The van der Waals surface area contributed by atoms with Crippen LogP contribution < -0.4 is 10.5 Å². The molecule has 2 nitrogen and oxygen atoms in total. The Morgan fingerprint density at radius 3 is 2.73 bits per heavy atom. The Hall–Kier alpha value is -1.02. The maximum Gasteiger partial charge on any atom is 0.122 e. The highest BCUT2D eigenvalue weighted by atomic mass is 16.5. The molecule has 0 aromatic heterocycles. The summed E-state index contributed by atoms with van der Waals surface area (Å²) in [6.07, 6.45) is 5.04. The third-order valence-corrected chi connectivity index (χ3v) is 2.86. The molecule has 1 aliphatic rings. The summed E-state index contributed by atoms with van der Waals surface area (Å²) in [6, 6.07) is 8.42. The topological polar surface area (TPSA) is 35.2 Å². The Labute approximate surface area is 91.4 Å². The third kappa shape index (κ3) is 2.72. The smallest absolute Gasteiger partial charge is 0.122 e. The molecule has 1 aliphatic carbocycles. The largest absolute Gasteiger partial charge is 0.490 e. The van der Waals surface area contributed by atoms with Gasteiger partial charge in [-0.25, -0.2) is 0 Å². The van der Waals surface area contributed by atoms with Gasteiger partial charge in [0.05, 0.1) is 6.10 Å². The average Bonchev–Trinajstić information content (AvgIpc) is 2.13. The van der Waals surface area contributed by atoms with Gasteiger partial charge in [-0.05, 0) is 44.2 Å². The van der Waals surface area contributed by atoms with Crippen LogP contribution >= 0.6 is 0 Å². The summed E-state index contributed by atoms with van der Waals surface area (Å²) in [5, 5.41) is 0. The molecule has 82 valence electrons. The Morgan fingerprint density at radius 1 is 1.40 bits per heavy atom. The number of hydrogen-bond acceptors (Lipinski definition) is 2. The van der Waals surface area contributed by atoms with Crippen LogP contribution in [-0.4, -0.2) is 12.1 Å². The lowest BCUT2D eigenvalue weighted by molar-refractivity contribution is 0.119. The van der Waals surface area contributed by atoms with Gasteiger partial charge in [0.25, 0.3) is 0 Å². The lowest BCUT2D eigenvalue weighted by Crippen LogP contribution is -2.25. The van der Waals surface area contributed by atoms with Crippen LogP contribution in [0.15, 0.2) is 24.3 Å².